The van der Waals surface area contributed by atoms with Crippen LogP contribution in [0.15, 0.2) is 83.8 Å². The molecule has 0 aliphatic rings. The van der Waals surface area contributed by atoms with Gasteiger partial charge in [0.2, 0.25) is 5.91 Å². The number of methoxy groups -OCH3 is 2. The van der Waals surface area contributed by atoms with Crippen LogP contribution in [0.4, 0.5) is 4.39 Å². The SMILES string of the molecule is COCCN(Cc1ccc(OC)c(OS(=O)(=O)c2ccc(F)cc2)c1)C(=O)/C=C/c1ccccc1. The minimum atomic E-state index is -4.24. The van der Waals surface area contributed by atoms with E-state index in [2.05, 4.69) is 0 Å². The van der Waals surface area contributed by atoms with E-state index in [0.29, 0.717) is 18.7 Å². The molecule has 1 amide bonds. The maximum Gasteiger partial charge on any atom is 0.339 e. The lowest BCUT2D eigenvalue weighted by molar-refractivity contribution is -0.127. The van der Waals surface area contributed by atoms with E-state index in [1.54, 1.807) is 30.2 Å². The van der Waals surface area contributed by atoms with Crippen LogP contribution in [0, 0.1) is 5.82 Å². The Morgan fingerprint density at radius 3 is 2.34 bits per heavy atom. The van der Waals surface area contributed by atoms with Gasteiger partial charge in [-0.2, -0.15) is 8.42 Å². The molecule has 9 heteroatoms. The number of carbonyl (C=O) groups excluding carboxylic acids is 1. The molecule has 3 aromatic carbocycles. The largest absolute Gasteiger partial charge is 0.493 e. The summed E-state index contributed by atoms with van der Waals surface area (Å²) in [6.45, 7) is 0.826. The molecule has 0 atom stereocenters. The van der Waals surface area contributed by atoms with Gasteiger partial charge in [-0.1, -0.05) is 36.4 Å². The Hall–Kier alpha value is -3.69. The highest BCUT2D eigenvalue weighted by Crippen LogP contribution is 2.31. The van der Waals surface area contributed by atoms with E-state index in [1.165, 1.54) is 19.3 Å². The van der Waals surface area contributed by atoms with Crippen molar-refractivity contribution >= 4 is 22.1 Å². The minimum absolute atomic E-state index is 0.0479. The molecular formula is C26H26FNO6S. The monoisotopic (exact) mass is 499 g/mol. The third-order valence-electron chi connectivity index (χ3n) is 5.00. The first kappa shape index (κ1) is 25.9. The molecule has 0 bridgehead atoms. The summed E-state index contributed by atoms with van der Waals surface area (Å²) >= 11 is 0. The molecule has 7 nitrogen and oxygen atoms in total. The lowest BCUT2D eigenvalue weighted by atomic mass is 10.1. The molecule has 0 aromatic heterocycles. The van der Waals surface area contributed by atoms with Gasteiger partial charge in [-0.25, -0.2) is 4.39 Å². The van der Waals surface area contributed by atoms with Crippen LogP contribution in [0.25, 0.3) is 6.08 Å². The van der Waals surface area contributed by atoms with Crippen molar-refractivity contribution in [2.75, 3.05) is 27.4 Å². The second kappa shape index (κ2) is 12.1. The summed E-state index contributed by atoms with van der Waals surface area (Å²) in [7, 11) is -1.31. The first-order chi connectivity index (χ1) is 16.8. The number of amides is 1. The fraction of sp³-hybridized carbons (Fsp3) is 0.192. The molecule has 0 heterocycles. The van der Waals surface area contributed by atoms with Crippen LogP contribution in [0.2, 0.25) is 0 Å². The van der Waals surface area contributed by atoms with Gasteiger partial charge in [-0.05, 0) is 53.6 Å². The zero-order valence-corrected chi connectivity index (χ0v) is 20.2. The minimum Gasteiger partial charge on any atom is -0.493 e. The molecule has 0 saturated carbocycles. The lowest BCUT2D eigenvalue weighted by Crippen LogP contribution is -2.32. The number of nitrogens with zero attached hydrogens (tertiary/aromatic N) is 1. The van der Waals surface area contributed by atoms with Gasteiger partial charge in [-0.15, -0.1) is 0 Å². The van der Waals surface area contributed by atoms with Gasteiger partial charge in [0.1, 0.15) is 10.7 Å². The predicted molar refractivity (Wildman–Crippen MR) is 130 cm³/mol. The molecule has 3 rings (SSSR count). The van der Waals surface area contributed by atoms with Gasteiger partial charge in [0, 0.05) is 26.3 Å². The Morgan fingerprint density at radius 1 is 0.971 bits per heavy atom. The van der Waals surface area contributed by atoms with Crippen molar-refractivity contribution in [2.45, 2.75) is 11.4 Å². The predicted octanol–water partition coefficient (Wildman–Crippen LogP) is 4.29. The van der Waals surface area contributed by atoms with Gasteiger partial charge in [0.05, 0.1) is 13.7 Å². The van der Waals surface area contributed by atoms with Crippen LogP contribution in [0.3, 0.4) is 0 Å². The number of rotatable bonds is 11. The Morgan fingerprint density at radius 2 is 1.69 bits per heavy atom. The Bertz CT molecular complexity index is 1260. The van der Waals surface area contributed by atoms with Crippen molar-refractivity contribution in [3.8, 4) is 11.5 Å². The molecule has 0 N–H and O–H groups in total. The molecule has 0 aliphatic heterocycles. The van der Waals surface area contributed by atoms with Crippen molar-refractivity contribution in [3.05, 3.63) is 95.8 Å². The van der Waals surface area contributed by atoms with Crippen molar-refractivity contribution in [1.82, 2.24) is 4.90 Å². The average Bonchev–Trinajstić information content (AvgIpc) is 2.86. The zero-order chi connectivity index (χ0) is 25.3. The molecule has 184 valence electrons. The lowest BCUT2D eigenvalue weighted by Gasteiger charge is -2.22. The number of carbonyl (C=O) groups is 1. The Kier molecular flexibility index (Phi) is 8.99. The fourth-order valence-electron chi connectivity index (χ4n) is 3.18. The molecule has 0 spiro atoms. The summed E-state index contributed by atoms with van der Waals surface area (Å²) in [6.07, 6.45) is 3.20. The number of halogens is 1. The fourth-order valence-corrected chi connectivity index (χ4v) is 4.11. The first-order valence-corrected chi connectivity index (χ1v) is 12.1. The van der Waals surface area contributed by atoms with Crippen molar-refractivity contribution in [3.63, 3.8) is 0 Å². The molecule has 0 saturated heterocycles. The summed E-state index contributed by atoms with van der Waals surface area (Å²) in [5.74, 6) is -0.653. The molecular weight excluding hydrogens is 473 g/mol. The molecule has 35 heavy (non-hydrogen) atoms. The topological polar surface area (TPSA) is 82.1 Å². The van der Waals surface area contributed by atoms with Crippen molar-refractivity contribution < 1.29 is 31.3 Å². The number of hydrogen-bond donors (Lipinski definition) is 0. The smallest absolute Gasteiger partial charge is 0.339 e. The van der Waals surface area contributed by atoms with Crippen LogP contribution >= 0.6 is 0 Å². The normalized spacial score (nSPS) is 11.4. The van der Waals surface area contributed by atoms with E-state index in [-0.39, 0.29) is 28.8 Å². The van der Waals surface area contributed by atoms with Crippen molar-refractivity contribution in [1.29, 1.82) is 0 Å². The standard InChI is InChI=1S/C26H26FNO6S/c1-32-17-16-28(26(29)15-9-20-6-4-3-5-7-20)19-21-8-14-24(33-2)25(18-21)34-35(30,31)23-12-10-22(27)11-13-23/h3-15,18H,16-17,19H2,1-2H3/b15-9+. The van der Waals surface area contributed by atoms with Gasteiger partial charge >= 0.3 is 10.1 Å². The van der Waals surface area contributed by atoms with Crippen LogP contribution < -0.4 is 8.92 Å². The molecule has 0 radical (unpaired) electrons. The van der Waals surface area contributed by atoms with Gasteiger partial charge in [0.15, 0.2) is 11.5 Å². The third kappa shape index (κ3) is 7.40. The Balaban J connectivity index is 1.83. The van der Waals surface area contributed by atoms with Gasteiger partial charge in [0.25, 0.3) is 0 Å². The Labute approximate surface area is 204 Å². The second-order valence-corrected chi connectivity index (χ2v) is 9.02. The van der Waals surface area contributed by atoms with E-state index < -0.39 is 15.9 Å². The van der Waals surface area contributed by atoms with Gasteiger partial charge < -0.3 is 18.6 Å². The summed E-state index contributed by atoms with van der Waals surface area (Å²) in [5, 5.41) is 0. The highest BCUT2D eigenvalue weighted by molar-refractivity contribution is 7.87. The van der Waals surface area contributed by atoms with Crippen LogP contribution in [0.5, 0.6) is 11.5 Å². The van der Waals surface area contributed by atoms with Crippen LogP contribution in [0.1, 0.15) is 11.1 Å². The zero-order valence-electron chi connectivity index (χ0n) is 19.4. The number of hydrogen-bond acceptors (Lipinski definition) is 6. The van der Waals surface area contributed by atoms with Crippen molar-refractivity contribution in [2.24, 2.45) is 0 Å². The van der Waals surface area contributed by atoms with E-state index in [9.17, 15) is 17.6 Å². The van der Waals surface area contributed by atoms with E-state index >= 15 is 0 Å². The van der Waals surface area contributed by atoms with E-state index in [1.807, 2.05) is 30.3 Å². The highest BCUT2D eigenvalue weighted by atomic mass is 32.2. The van der Waals surface area contributed by atoms with E-state index in [4.69, 9.17) is 13.7 Å². The number of ether oxygens (including phenoxy) is 2. The molecule has 0 fully saturated rings. The van der Waals surface area contributed by atoms with Crippen LogP contribution in [-0.2, 0) is 26.2 Å². The maximum atomic E-state index is 13.2. The third-order valence-corrected chi connectivity index (χ3v) is 6.25. The van der Waals surface area contributed by atoms with Gasteiger partial charge in [-0.3, -0.25) is 4.79 Å². The van der Waals surface area contributed by atoms with Crippen LogP contribution in [-0.4, -0.2) is 46.6 Å². The average molecular weight is 500 g/mol. The maximum absolute atomic E-state index is 13.2. The summed E-state index contributed by atoms with van der Waals surface area (Å²) in [4.78, 5) is 14.2. The molecule has 0 unspecified atom stereocenters. The first-order valence-electron chi connectivity index (χ1n) is 10.7. The van der Waals surface area contributed by atoms with E-state index in [0.717, 1.165) is 29.8 Å². The number of benzene rings is 3. The molecule has 3 aromatic rings. The highest BCUT2D eigenvalue weighted by Gasteiger charge is 2.20. The quantitative estimate of drug-likeness (QED) is 0.289. The second-order valence-electron chi connectivity index (χ2n) is 7.47. The summed E-state index contributed by atoms with van der Waals surface area (Å²) in [5.41, 5.74) is 1.51. The molecule has 0 aliphatic carbocycles. The summed E-state index contributed by atoms with van der Waals surface area (Å²) < 4.78 is 54.3. The summed E-state index contributed by atoms with van der Waals surface area (Å²) in [6, 6.07) is 18.5.